The number of aromatic amines is 1. The van der Waals surface area contributed by atoms with Gasteiger partial charge in [-0.1, -0.05) is 12.1 Å². The van der Waals surface area contributed by atoms with Crippen LogP contribution in [0.3, 0.4) is 0 Å². The molecule has 3 nitrogen and oxygen atoms in total. The Bertz CT molecular complexity index is 452. The summed E-state index contributed by atoms with van der Waals surface area (Å²) in [7, 11) is 0. The fraction of sp³-hybridized carbons (Fsp3) is 0.462. The van der Waals surface area contributed by atoms with Crippen molar-refractivity contribution in [1.82, 2.24) is 15.3 Å². The van der Waals surface area contributed by atoms with Crippen LogP contribution in [-0.4, -0.2) is 16.0 Å². The first-order valence-electron chi connectivity index (χ1n) is 6.00. The van der Waals surface area contributed by atoms with Crippen molar-refractivity contribution in [2.75, 3.05) is 0 Å². The van der Waals surface area contributed by atoms with Crippen molar-refractivity contribution in [3.05, 3.63) is 30.1 Å². The van der Waals surface area contributed by atoms with Crippen molar-refractivity contribution >= 4 is 11.0 Å². The second kappa shape index (κ2) is 3.91. The Balaban J connectivity index is 1.69. The summed E-state index contributed by atoms with van der Waals surface area (Å²) >= 11 is 0. The summed E-state index contributed by atoms with van der Waals surface area (Å²) in [5.74, 6) is 1.93. The minimum Gasteiger partial charge on any atom is -0.341 e. The van der Waals surface area contributed by atoms with Crippen LogP contribution in [0.25, 0.3) is 11.0 Å². The number of para-hydroxylation sites is 2. The monoisotopic (exact) mass is 215 g/mol. The number of aromatic nitrogens is 2. The van der Waals surface area contributed by atoms with Crippen LogP contribution >= 0.6 is 0 Å². The normalized spacial score (nSPS) is 17.8. The largest absolute Gasteiger partial charge is 0.341 e. The van der Waals surface area contributed by atoms with Crippen LogP contribution in [0.15, 0.2) is 24.3 Å². The van der Waals surface area contributed by atoms with E-state index in [1.165, 1.54) is 12.8 Å². The first-order chi connectivity index (χ1) is 7.83. The van der Waals surface area contributed by atoms with Crippen molar-refractivity contribution in [1.29, 1.82) is 0 Å². The van der Waals surface area contributed by atoms with Gasteiger partial charge < -0.3 is 10.3 Å². The maximum atomic E-state index is 4.55. The molecule has 1 saturated carbocycles. The second-order valence-corrected chi connectivity index (χ2v) is 4.71. The standard InChI is InChI=1S/C13H17N3/c1-9(10-6-7-10)14-8-13-15-11-4-2-3-5-12(11)16-13/h2-5,9-10,14H,6-8H2,1H3,(H,15,16). The van der Waals surface area contributed by atoms with Crippen molar-refractivity contribution < 1.29 is 0 Å². The van der Waals surface area contributed by atoms with E-state index in [1.807, 2.05) is 18.2 Å². The molecule has 3 heteroatoms. The molecule has 2 N–H and O–H groups in total. The Labute approximate surface area is 95.3 Å². The van der Waals surface area contributed by atoms with Crippen LogP contribution in [0.2, 0.25) is 0 Å². The second-order valence-electron chi connectivity index (χ2n) is 4.71. The fourth-order valence-electron chi connectivity index (χ4n) is 2.11. The van der Waals surface area contributed by atoms with E-state index in [2.05, 4.69) is 28.3 Å². The minimum atomic E-state index is 0.619. The third kappa shape index (κ3) is 1.95. The lowest BCUT2D eigenvalue weighted by Gasteiger charge is -2.10. The number of nitrogens with zero attached hydrogens (tertiary/aromatic N) is 1. The fourth-order valence-corrected chi connectivity index (χ4v) is 2.11. The van der Waals surface area contributed by atoms with Crippen molar-refractivity contribution in [3.8, 4) is 0 Å². The molecule has 1 heterocycles. The third-order valence-electron chi connectivity index (χ3n) is 3.36. The van der Waals surface area contributed by atoms with Crippen LogP contribution in [0.5, 0.6) is 0 Å². The predicted molar refractivity (Wildman–Crippen MR) is 65.1 cm³/mol. The zero-order valence-electron chi connectivity index (χ0n) is 9.53. The van der Waals surface area contributed by atoms with Crippen molar-refractivity contribution in [3.63, 3.8) is 0 Å². The first-order valence-corrected chi connectivity index (χ1v) is 6.00. The van der Waals surface area contributed by atoms with Gasteiger partial charge in [-0.2, -0.15) is 0 Å². The van der Waals surface area contributed by atoms with E-state index < -0.39 is 0 Å². The molecule has 1 atom stereocenters. The average Bonchev–Trinajstić information content (AvgIpc) is 3.06. The number of H-pyrrole nitrogens is 1. The molecule has 16 heavy (non-hydrogen) atoms. The topological polar surface area (TPSA) is 40.7 Å². The molecule has 0 amide bonds. The lowest BCUT2D eigenvalue weighted by atomic mass is 10.2. The molecule has 0 bridgehead atoms. The van der Waals surface area contributed by atoms with Gasteiger partial charge in [0, 0.05) is 6.04 Å². The third-order valence-corrected chi connectivity index (χ3v) is 3.36. The molecule has 2 aromatic rings. The Morgan fingerprint density at radius 1 is 1.44 bits per heavy atom. The zero-order chi connectivity index (χ0) is 11.0. The van der Waals surface area contributed by atoms with E-state index in [9.17, 15) is 0 Å². The minimum absolute atomic E-state index is 0.619. The number of imidazole rings is 1. The van der Waals surface area contributed by atoms with E-state index in [0.29, 0.717) is 6.04 Å². The quantitative estimate of drug-likeness (QED) is 0.822. The van der Waals surface area contributed by atoms with E-state index in [4.69, 9.17) is 0 Å². The van der Waals surface area contributed by atoms with Gasteiger partial charge in [0.05, 0.1) is 17.6 Å². The van der Waals surface area contributed by atoms with Gasteiger partial charge in [0.2, 0.25) is 0 Å². The summed E-state index contributed by atoms with van der Waals surface area (Å²) in [6, 6.07) is 8.78. The average molecular weight is 215 g/mol. The number of hydrogen-bond acceptors (Lipinski definition) is 2. The maximum absolute atomic E-state index is 4.55. The number of rotatable bonds is 4. The van der Waals surface area contributed by atoms with Crippen LogP contribution in [-0.2, 0) is 6.54 Å². The molecule has 0 aliphatic heterocycles. The molecule has 84 valence electrons. The van der Waals surface area contributed by atoms with Gasteiger partial charge >= 0.3 is 0 Å². The van der Waals surface area contributed by atoms with Gasteiger partial charge in [-0.05, 0) is 37.8 Å². The number of fused-ring (bicyclic) bond motifs is 1. The Morgan fingerprint density at radius 3 is 3.00 bits per heavy atom. The van der Waals surface area contributed by atoms with E-state index in [1.54, 1.807) is 0 Å². The molecular formula is C13H17N3. The van der Waals surface area contributed by atoms with E-state index in [-0.39, 0.29) is 0 Å². The maximum Gasteiger partial charge on any atom is 0.121 e. The van der Waals surface area contributed by atoms with Crippen LogP contribution < -0.4 is 5.32 Å². The molecule has 0 spiro atoms. The molecule has 1 aromatic heterocycles. The van der Waals surface area contributed by atoms with Crippen molar-refractivity contribution in [2.45, 2.75) is 32.4 Å². The predicted octanol–water partition coefficient (Wildman–Crippen LogP) is 2.45. The Morgan fingerprint density at radius 2 is 2.25 bits per heavy atom. The number of benzene rings is 1. The highest BCUT2D eigenvalue weighted by Crippen LogP contribution is 2.32. The Hall–Kier alpha value is -1.35. The molecule has 1 aliphatic rings. The summed E-state index contributed by atoms with van der Waals surface area (Å²) in [6.45, 7) is 3.10. The Kier molecular flexibility index (Phi) is 2.40. The van der Waals surface area contributed by atoms with Crippen LogP contribution in [0.1, 0.15) is 25.6 Å². The molecule has 1 unspecified atom stereocenters. The van der Waals surface area contributed by atoms with Gasteiger partial charge in [-0.3, -0.25) is 0 Å². The first kappa shape index (κ1) is 9.85. The molecule has 0 saturated heterocycles. The van der Waals surface area contributed by atoms with Gasteiger partial charge in [0.15, 0.2) is 0 Å². The van der Waals surface area contributed by atoms with E-state index in [0.717, 1.165) is 29.3 Å². The SMILES string of the molecule is CC(NCc1nc2ccccc2[nH]1)C1CC1. The summed E-state index contributed by atoms with van der Waals surface area (Å²) in [5.41, 5.74) is 2.18. The van der Waals surface area contributed by atoms with Crippen molar-refractivity contribution in [2.24, 2.45) is 5.92 Å². The number of nitrogens with one attached hydrogen (secondary N) is 2. The van der Waals surface area contributed by atoms with Gasteiger partial charge in [-0.25, -0.2) is 4.98 Å². The lowest BCUT2D eigenvalue weighted by molar-refractivity contribution is 0.489. The number of hydrogen-bond donors (Lipinski definition) is 2. The lowest BCUT2D eigenvalue weighted by Crippen LogP contribution is -2.27. The molecule has 1 aliphatic carbocycles. The summed E-state index contributed by atoms with van der Waals surface area (Å²) in [6.07, 6.45) is 2.77. The summed E-state index contributed by atoms with van der Waals surface area (Å²) in [4.78, 5) is 7.88. The summed E-state index contributed by atoms with van der Waals surface area (Å²) in [5, 5.41) is 3.53. The highest BCUT2D eigenvalue weighted by atomic mass is 15.0. The smallest absolute Gasteiger partial charge is 0.121 e. The van der Waals surface area contributed by atoms with Crippen LogP contribution in [0, 0.1) is 5.92 Å². The highest BCUT2D eigenvalue weighted by molar-refractivity contribution is 5.74. The summed E-state index contributed by atoms with van der Waals surface area (Å²) < 4.78 is 0. The van der Waals surface area contributed by atoms with Gasteiger partial charge in [0.1, 0.15) is 5.82 Å². The molecule has 1 fully saturated rings. The van der Waals surface area contributed by atoms with Gasteiger partial charge in [-0.15, -0.1) is 0 Å². The van der Waals surface area contributed by atoms with Crippen LogP contribution in [0.4, 0.5) is 0 Å². The van der Waals surface area contributed by atoms with Gasteiger partial charge in [0.25, 0.3) is 0 Å². The molecule has 0 radical (unpaired) electrons. The molecular weight excluding hydrogens is 198 g/mol. The highest BCUT2D eigenvalue weighted by Gasteiger charge is 2.27. The molecule has 3 rings (SSSR count). The van der Waals surface area contributed by atoms with E-state index >= 15 is 0 Å². The zero-order valence-corrected chi connectivity index (χ0v) is 9.53. The molecule has 1 aromatic carbocycles.